The lowest BCUT2D eigenvalue weighted by molar-refractivity contribution is -0.151. The fourth-order valence-electron chi connectivity index (χ4n) is 12.7. The number of unbranched alkanes of at least 4 members (excludes halogenated alkanes) is 1. The van der Waals surface area contributed by atoms with Crippen LogP contribution in [0.4, 0.5) is 0 Å². The fourth-order valence-corrected chi connectivity index (χ4v) is 12.7. The van der Waals surface area contributed by atoms with E-state index in [1.807, 2.05) is 84.9 Å². The van der Waals surface area contributed by atoms with Crippen molar-refractivity contribution in [2.75, 3.05) is 101 Å². The van der Waals surface area contributed by atoms with Crippen molar-refractivity contribution in [1.82, 2.24) is 60.5 Å². The number of piperidine rings is 1. The lowest BCUT2D eigenvalue weighted by Gasteiger charge is -2.37. The van der Waals surface area contributed by atoms with Gasteiger partial charge in [-0.1, -0.05) is 129 Å². The lowest BCUT2D eigenvalue weighted by Crippen LogP contribution is -2.62. The van der Waals surface area contributed by atoms with Gasteiger partial charge in [0.1, 0.15) is 54.4 Å². The Balaban J connectivity index is 1.99. The summed E-state index contributed by atoms with van der Waals surface area (Å²) in [7, 11) is 9.02. The molecule has 0 spiro atoms. The van der Waals surface area contributed by atoms with Crippen molar-refractivity contribution >= 4 is 65.0 Å². The summed E-state index contributed by atoms with van der Waals surface area (Å²) in [6.45, 7) is 22.7. The third-order valence-electron chi connectivity index (χ3n) is 19.0. The van der Waals surface area contributed by atoms with E-state index in [-0.39, 0.29) is 95.0 Å². The summed E-state index contributed by atoms with van der Waals surface area (Å²) in [5.41, 5.74) is 0.564. The molecule has 10 atom stereocenters. The van der Waals surface area contributed by atoms with Gasteiger partial charge in [0.05, 0.1) is 44.6 Å². The molecule has 0 saturated carbocycles. The summed E-state index contributed by atoms with van der Waals surface area (Å²) in [6.07, 6.45) is 2.85. The number of nitrogens with one attached hydrogen (secondary N) is 4. The smallest absolute Gasteiger partial charge is 0.248 e. The molecule has 2 aliphatic heterocycles. The zero-order valence-corrected chi connectivity index (χ0v) is 65.3. The summed E-state index contributed by atoms with van der Waals surface area (Å²) < 4.78 is 12.1. The largest absolute Gasteiger partial charge is 0.391 e. The average molecular weight is 1440 g/mol. The van der Waals surface area contributed by atoms with Crippen LogP contribution < -0.4 is 21.3 Å². The summed E-state index contributed by atoms with van der Waals surface area (Å²) in [5.74, 6) is -8.03. The van der Waals surface area contributed by atoms with Crippen LogP contribution in [0, 0.1) is 23.7 Å². The molecule has 2 aromatic rings. The Hall–Kier alpha value is -7.55. The number of likely N-dealkylation sites (tertiary alicyclic amines) is 1. The molecule has 1 unspecified atom stereocenters. The van der Waals surface area contributed by atoms with Crippen LogP contribution in [0.15, 0.2) is 60.7 Å². The molecule has 11 amide bonds. The number of aliphatic hydroxyl groups excluding tert-OH is 1. The monoisotopic (exact) mass is 1440 g/mol. The predicted octanol–water partition coefficient (Wildman–Crippen LogP) is 4.53. The van der Waals surface area contributed by atoms with Crippen LogP contribution in [-0.4, -0.2) is 277 Å². The van der Waals surface area contributed by atoms with Crippen LogP contribution in [0.3, 0.4) is 0 Å². The highest BCUT2D eigenvalue weighted by Gasteiger charge is 2.43. The Morgan fingerprint density at radius 1 is 0.524 bits per heavy atom. The van der Waals surface area contributed by atoms with Crippen molar-refractivity contribution in [3.8, 4) is 0 Å². The molecule has 578 valence electrons. The van der Waals surface area contributed by atoms with E-state index in [4.69, 9.17) is 9.47 Å². The van der Waals surface area contributed by atoms with E-state index < -0.39 is 144 Å². The van der Waals surface area contributed by atoms with Gasteiger partial charge in [-0.05, 0) is 121 Å². The van der Waals surface area contributed by atoms with Gasteiger partial charge in [-0.15, -0.1) is 0 Å². The van der Waals surface area contributed by atoms with E-state index in [1.54, 1.807) is 75.7 Å². The molecule has 26 heteroatoms. The fraction of sp³-hybridized carbons (Fsp3) is 0.701. The second-order valence-electron chi connectivity index (χ2n) is 31.0. The Kier molecular flexibility index (Phi) is 36.2. The van der Waals surface area contributed by atoms with Crippen molar-refractivity contribution < 1.29 is 67.3 Å². The number of carbonyl (C=O) groups excluding carboxylic acids is 11. The Bertz CT molecular complexity index is 3070. The highest BCUT2D eigenvalue weighted by Crippen LogP contribution is 2.23. The quantitative estimate of drug-likeness (QED) is 0.115. The zero-order chi connectivity index (χ0) is 77.2. The van der Waals surface area contributed by atoms with Gasteiger partial charge in [-0.3, -0.25) is 57.6 Å². The van der Waals surface area contributed by atoms with Crippen LogP contribution in [0.1, 0.15) is 159 Å². The first kappa shape index (κ1) is 87.9. The Labute approximate surface area is 613 Å². The van der Waals surface area contributed by atoms with Crippen molar-refractivity contribution in [3.05, 3.63) is 71.8 Å². The molecule has 4 rings (SSSR count). The van der Waals surface area contributed by atoms with E-state index in [1.165, 1.54) is 71.6 Å². The maximum atomic E-state index is 15.6. The molecule has 5 N–H and O–H groups in total. The van der Waals surface area contributed by atoms with Gasteiger partial charge < -0.3 is 70.1 Å². The lowest BCUT2D eigenvalue weighted by atomic mass is 9.97. The SMILES string of the molecule is CCCCN1CC(=O)N(C)[C@@H](Cc2ccccc2)C(=O)N(C)[C@@H](CC(C)C)C(=O)N[C@@H](COC(C)(C)C)C(=O)N(C)[C@@H](CC(C)C)C(=O)N[C@H](C(=O)N2CCCCC2)CCN(C)CC(=O)N(C)[C@@H](Cc2ccccc2)C(=O)N[C@@H](C(C)C)C(=O)N(C)[C@@H](CC(C)C)C(=O)N[C@@H](COCC(C)O)C1=O. The van der Waals surface area contributed by atoms with Gasteiger partial charge in [-0.25, -0.2) is 0 Å². The maximum absolute atomic E-state index is 15.6. The second kappa shape index (κ2) is 42.4. The minimum absolute atomic E-state index is 0.0215. The molecule has 2 saturated heterocycles. The summed E-state index contributed by atoms with van der Waals surface area (Å²) in [5, 5.41) is 22.1. The summed E-state index contributed by atoms with van der Waals surface area (Å²) in [4.78, 5) is 178. The number of likely N-dealkylation sites (N-methyl/N-ethyl adjacent to an activating group) is 6. The molecule has 103 heavy (non-hydrogen) atoms. The Morgan fingerprint density at radius 2 is 0.971 bits per heavy atom. The number of carbonyl (C=O) groups is 11. The molecular weight excluding hydrogens is 1320 g/mol. The van der Waals surface area contributed by atoms with E-state index >= 15 is 43.2 Å². The molecule has 26 nitrogen and oxygen atoms in total. The number of benzene rings is 2. The van der Waals surface area contributed by atoms with Crippen molar-refractivity contribution in [1.29, 1.82) is 0 Å². The summed E-state index contributed by atoms with van der Waals surface area (Å²) >= 11 is 0. The molecule has 2 fully saturated rings. The molecule has 0 aliphatic carbocycles. The van der Waals surface area contributed by atoms with Crippen LogP contribution in [0.5, 0.6) is 0 Å². The normalized spacial score (nSPS) is 24.3. The topological polar surface area (TPSA) is 301 Å². The van der Waals surface area contributed by atoms with Crippen molar-refractivity contribution in [2.24, 2.45) is 23.7 Å². The maximum Gasteiger partial charge on any atom is 0.248 e. The van der Waals surface area contributed by atoms with Crippen molar-refractivity contribution in [2.45, 2.75) is 227 Å². The van der Waals surface area contributed by atoms with Crippen LogP contribution >= 0.6 is 0 Å². The number of nitrogens with zero attached hydrogens (tertiary/aromatic N) is 8. The van der Waals surface area contributed by atoms with Crippen LogP contribution in [0.2, 0.25) is 0 Å². The predicted molar refractivity (Wildman–Crippen MR) is 396 cm³/mol. The number of hydrogen-bond acceptors (Lipinski definition) is 15. The summed E-state index contributed by atoms with van der Waals surface area (Å²) in [6, 6.07) is 6.70. The minimum atomic E-state index is -1.48. The average Bonchev–Trinajstić information content (AvgIpc) is 0.823. The van der Waals surface area contributed by atoms with E-state index in [0.717, 1.165) is 24.8 Å². The van der Waals surface area contributed by atoms with Crippen LogP contribution in [0.25, 0.3) is 0 Å². The highest BCUT2D eigenvalue weighted by molar-refractivity contribution is 5.99. The molecule has 0 radical (unpaired) electrons. The van der Waals surface area contributed by atoms with Gasteiger partial charge >= 0.3 is 0 Å². The van der Waals surface area contributed by atoms with Gasteiger partial charge in [0.25, 0.3) is 0 Å². The molecular formula is C77H126N12O14. The van der Waals surface area contributed by atoms with Gasteiger partial charge in [0, 0.05) is 74.3 Å². The first-order chi connectivity index (χ1) is 48.4. The third-order valence-corrected chi connectivity index (χ3v) is 19.0. The highest BCUT2D eigenvalue weighted by atomic mass is 16.5. The van der Waals surface area contributed by atoms with Gasteiger partial charge in [0.2, 0.25) is 65.0 Å². The minimum Gasteiger partial charge on any atom is -0.391 e. The zero-order valence-electron chi connectivity index (χ0n) is 65.3. The number of aliphatic hydroxyl groups is 1. The standard InChI is InChI=1S/C77H126N12O14/c1-20-21-36-89-46-66(92)84(16)64(44-56-33-27-23-28-34-56)75(100)86(18)61(41-51(4)5)69(94)80-59(49-103-77(11,12)13)72(97)85(17)60(40-50(2)3)68(93)78-57(73(98)88-37-29-24-30-38-88)35-39-82(14)45-65(91)83(15)63(43-55-31-25-22-26-32-55)71(96)81-67(53(8)9)76(101)87(19)62(42-52(6)7)70(95)79-58(74(89)99)48-102-47-54(10)90/h22-23,25-28,31-34,50-54,57-64,67,90H,20-21,24,29-30,35-49H2,1-19H3,(H,78,93)(H,79,95)(H,80,94)(H,81,96)/t54?,57-,58-,59-,60-,61-,62-,63-,64-,67-/m0/s1. The van der Waals surface area contributed by atoms with E-state index in [2.05, 4.69) is 21.3 Å². The number of rotatable bonds is 21. The third kappa shape index (κ3) is 28.1. The van der Waals surface area contributed by atoms with Crippen LogP contribution in [-0.2, 0) is 75.1 Å². The molecule has 0 bridgehead atoms. The van der Waals surface area contributed by atoms with E-state index in [0.29, 0.717) is 31.5 Å². The number of ether oxygens (including phenoxy) is 2. The van der Waals surface area contributed by atoms with Crippen molar-refractivity contribution in [3.63, 3.8) is 0 Å². The molecule has 0 aromatic heterocycles. The van der Waals surface area contributed by atoms with E-state index in [9.17, 15) is 14.7 Å². The molecule has 2 aromatic carbocycles. The first-order valence-corrected chi connectivity index (χ1v) is 37.1. The number of hydrogen-bond donors (Lipinski definition) is 5. The first-order valence-electron chi connectivity index (χ1n) is 37.1. The second-order valence-corrected chi connectivity index (χ2v) is 31.0. The van der Waals surface area contributed by atoms with Gasteiger partial charge in [0.15, 0.2) is 0 Å². The molecule has 2 heterocycles. The number of amides is 11. The Morgan fingerprint density at radius 3 is 1.45 bits per heavy atom. The van der Waals surface area contributed by atoms with Gasteiger partial charge in [-0.2, -0.15) is 0 Å². The molecule has 2 aliphatic rings.